The van der Waals surface area contributed by atoms with Gasteiger partial charge in [-0.1, -0.05) is 30.3 Å². The van der Waals surface area contributed by atoms with Crippen LogP contribution in [0.5, 0.6) is 5.75 Å². The Hall–Kier alpha value is -1.90. The number of halogens is 2. The third-order valence-corrected chi connectivity index (χ3v) is 2.35. The van der Waals surface area contributed by atoms with Crippen LogP contribution >= 0.6 is 0 Å². The van der Waals surface area contributed by atoms with Gasteiger partial charge in [0.25, 0.3) is 0 Å². The van der Waals surface area contributed by atoms with Gasteiger partial charge in [-0.25, -0.2) is 4.39 Å². The van der Waals surface area contributed by atoms with Crippen molar-refractivity contribution in [2.24, 2.45) is 0 Å². The Kier molecular flexibility index (Phi) is 2.86. The normalized spacial score (nSPS) is 10.2. The van der Waals surface area contributed by atoms with Gasteiger partial charge in [0.15, 0.2) is 11.6 Å². The van der Waals surface area contributed by atoms with Crippen molar-refractivity contribution in [3.05, 3.63) is 54.1 Å². The molecule has 0 bridgehead atoms. The Labute approximate surface area is 92.3 Å². The van der Waals surface area contributed by atoms with Crippen molar-refractivity contribution in [2.45, 2.75) is 0 Å². The molecular weight excluding hydrogens is 210 g/mol. The van der Waals surface area contributed by atoms with Crippen molar-refractivity contribution >= 4 is 0 Å². The summed E-state index contributed by atoms with van der Waals surface area (Å²) in [6, 6.07) is 11.7. The lowest BCUT2D eigenvalue weighted by Gasteiger charge is -2.07. The van der Waals surface area contributed by atoms with E-state index in [0.717, 1.165) is 0 Å². The molecule has 0 amide bonds. The Morgan fingerprint density at radius 1 is 0.875 bits per heavy atom. The minimum Gasteiger partial charge on any atom is -0.494 e. The van der Waals surface area contributed by atoms with E-state index in [9.17, 15) is 8.78 Å². The summed E-state index contributed by atoms with van der Waals surface area (Å²) in [5.41, 5.74) is 0.875. The molecule has 2 rings (SSSR count). The van der Waals surface area contributed by atoms with E-state index in [1.165, 1.54) is 19.2 Å². The van der Waals surface area contributed by atoms with Crippen LogP contribution in [0.25, 0.3) is 11.1 Å². The van der Waals surface area contributed by atoms with Gasteiger partial charge in [-0.05, 0) is 17.7 Å². The maximum Gasteiger partial charge on any atom is 0.201 e. The van der Waals surface area contributed by atoms with Gasteiger partial charge in [0.05, 0.1) is 7.11 Å². The topological polar surface area (TPSA) is 9.23 Å². The highest BCUT2D eigenvalue weighted by Gasteiger charge is 2.14. The third-order valence-electron chi connectivity index (χ3n) is 2.35. The fourth-order valence-corrected chi connectivity index (χ4v) is 1.53. The van der Waals surface area contributed by atoms with Crippen LogP contribution in [0.3, 0.4) is 0 Å². The molecule has 0 aliphatic carbocycles. The van der Waals surface area contributed by atoms with Crippen LogP contribution in [-0.2, 0) is 0 Å². The van der Waals surface area contributed by atoms with Gasteiger partial charge >= 0.3 is 0 Å². The first-order valence-corrected chi connectivity index (χ1v) is 4.81. The number of ether oxygens (including phenoxy) is 1. The SMILES string of the molecule is COc1ccc(-c2ccccc2)c(F)c1F. The second-order valence-electron chi connectivity index (χ2n) is 3.31. The molecule has 0 fully saturated rings. The molecule has 0 atom stereocenters. The predicted molar refractivity (Wildman–Crippen MR) is 58.3 cm³/mol. The minimum absolute atomic E-state index is 0.0859. The average molecular weight is 220 g/mol. The van der Waals surface area contributed by atoms with Gasteiger partial charge in [0, 0.05) is 5.56 Å². The molecule has 0 N–H and O–H groups in total. The van der Waals surface area contributed by atoms with Gasteiger partial charge < -0.3 is 4.74 Å². The van der Waals surface area contributed by atoms with Crippen LogP contribution in [0.15, 0.2) is 42.5 Å². The van der Waals surface area contributed by atoms with E-state index in [2.05, 4.69) is 0 Å². The molecule has 3 heteroatoms. The van der Waals surface area contributed by atoms with Crippen LogP contribution < -0.4 is 4.74 Å². The molecule has 0 saturated carbocycles. The summed E-state index contributed by atoms with van der Waals surface area (Å²) < 4.78 is 31.8. The first-order valence-electron chi connectivity index (χ1n) is 4.81. The molecule has 0 aliphatic heterocycles. The van der Waals surface area contributed by atoms with Crippen molar-refractivity contribution in [3.63, 3.8) is 0 Å². The van der Waals surface area contributed by atoms with Gasteiger partial charge in [-0.15, -0.1) is 0 Å². The molecule has 2 aromatic carbocycles. The summed E-state index contributed by atoms with van der Waals surface area (Å²) in [5.74, 6) is -1.92. The number of methoxy groups -OCH3 is 1. The Morgan fingerprint density at radius 3 is 2.19 bits per heavy atom. The fraction of sp³-hybridized carbons (Fsp3) is 0.0769. The predicted octanol–water partition coefficient (Wildman–Crippen LogP) is 3.64. The van der Waals surface area contributed by atoms with Crippen LogP contribution in [0.2, 0.25) is 0 Å². The average Bonchev–Trinajstić information content (AvgIpc) is 2.34. The maximum absolute atomic E-state index is 13.7. The Balaban J connectivity index is 2.56. The monoisotopic (exact) mass is 220 g/mol. The van der Waals surface area contributed by atoms with E-state index >= 15 is 0 Å². The first-order chi connectivity index (χ1) is 7.74. The van der Waals surface area contributed by atoms with Crippen molar-refractivity contribution < 1.29 is 13.5 Å². The molecule has 0 radical (unpaired) electrons. The molecule has 1 nitrogen and oxygen atoms in total. The van der Waals surface area contributed by atoms with Crippen LogP contribution in [0.1, 0.15) is 0 Å². The number of hydrogen-bond acceptors (Lipinski definition) is 1. The van der Waals surface area contributed by atoms with Crippen molar-refractivity contribution in [3.8, 4) is 16.9 Å². The zero-order chi connectivity index (χ0) is 11.5. The Morgan fingerprint density at radius 2 is 1.56 bits per heavy atom. The van der Waals surface area contributed by atoms with Crippen LogP contribution in [0.4, 0.5) is 8.78 Å². The molecule has 16 heavy (non-hydrogen) atoms. The smallest absolute Gasteiger partial charge is 0.201 e. The summed E-state index contributed by atoms with van der Waals surface area (Å²) >= 11 is 0. The summed E-state index contributed by atoms with van der Waals surface area (Å²) in [6.45, 7) is 0. The number of rotatable bonds is 2. The molecule has 0 unspecified atom stereocenters. The van der Waals surface area contributed by atoms with Gasteiger partial charge in [-0.3, -0.25) is 0 Å². The maximum atomic E-state index is 13.7. The van der Waals surface area contributed by atoms with Crippen LogP contribution in [-0.4, -0.2) is 7.11 Å². The largest absolute Gasteiger partial charge is 0.494 e. The zero-order valence-electron chi connectivity index (χ0n) is 8.71. The van der Waals surface area contributed by atoms with E-state index in [1.807, 2.05) is 6.07 Å². The zero-order valence-corrected chi connectivity index (χ0v) is 8.71. The minimum atomic E-state index is -0.955. The molecule has 0 saturated heterocycles. The summed E-state index contributed by atoms with van der Waals surface area (Å²) in [6.07, 6.45) is 0. The van der Waals surface area contributed by atoms with Gasteiger partial charge in [0.2, 0.25) is 5.82 Å². The number of hydrogen-bond donors (Lipinski definition) is 0. The van der Waals surface area contributed by atoms with Crippen LogP contribution in [0, 0.1) is 11.6 Å². The number of benzene rings is 2. The summed E-state index contributed by atoms with van der Waals surface area (Å²) in [5, 5.41) is 0. The lowest BCUT2D eigenvalue weighted by Crippen LogP contribution is -1.94. The van der Waals surface area contributed by atoms with E-state index < -0.39 is 11.6 Å². The van der Waals surface area contributed by atoms with Crippen molar-refractivity contribution in [2.75, 3.05) is 7.11 Å². The van der Waals surface area contributed by atoms with Gasteiger partial charge in [0.1, 0.15) is 0 Å². The standard InChI is InChI=1S/C13H10F2O/c1-16-11-8-7-10(12(14)13(11)15)9-5-3-2-4-6-9/h2-8H,1H3. The highest BCUT2D eigenvalue weighted by molar-refractivity contribution is 5.65. The second-order valence-corrected chi connectivity index (χ2v) is 3.31. The second kappa shape index (κ2) is 4.31. The summed E-state index contributed by atoms with van der Waals surface area (Å²) in [7, 11) is 1.31. The lowest BCUT2D eigenvalue weighted by molar-refractivity contribution is 0.372. The Bertz CT molecular complexity index is 495. The molecule has 0 spiro atoms. The quantitative estimate of drug-likeness (QED) is 0.750. The molecular formula is C13H10F2O. The van der Waals surface area contributed by atoms with Crippen molar-refractivity contribution in [1.82, 2.24) is 0 Å². The molecule has 0 aromatic heterocycles. The van der Waals surface area contributed by atoms with Gasteiger partial charge in [-0.2, -0.15) is 4.39 Å². The molecule has 0 aliphatic rings. The van der Waals surface area contributed by atoms with Crippen molar-refractivity contribution in [1.29, 1.82) is 0 Å². The molecule has 0 heterocycles. The van der Waals surface area contributed by atoms with E-state index in [1.54, 1.807) is 24.3 Å². The fourth-order valence-electron chi connectivity index (χ4n) is 1.53. The highest BCUT2D eigenvalue weighted by atomic mass is 19.2. The molecule has 2 aromatic rings. The molecule has 82 valence electrons. The first kappa shape index (κ1) is 10.6. The van der Waals surface area contributed by atoms with E-state index in [-0.39, 0.29) is 11.3 Å². The highest BCUT2D eigenvalue weighted by Crippen LogP contribution is 2.29. The van der Waals surface area contributed by atoms with E-state index in [0.29, 0.717) is 5.56 Å². The lowest BCUT2D eigenvalue weighted by atomic mass is 10.0. The summed E-state index contributed by atoms with van der Waals surface area (Å²) in [4.78, 5) is 0. The van der Waals surface area contributed by atoms with E-state index in [4.69, 9.17) is 4.74 Å². The third kappa shape index (κ3) is 1.76.